The zero-order valence-electron chi connectivity index (χ0n) is 17.1. The van der Waals surface area contributed by atoms with Gasteiger partial charge in [0.2, 0.25) is 11.8 Å². The van der Waals surface area contributed by atoms with Gasteiger partial charge in [-0.2, -0.15) is 0 Å². The van der Waals surface area contributed by atoms with Crippen LogP contribution < -0.4 is 4.90 Å². The van der Waals surface area contributed by atoms with Crippen LogP contribution in [0, 0.1) is 11.3 Å². The number of anilines is 1. The van der Waals surface area contributed by atoms with Crippen LogP contribution in [0.15, 0.2) is 18.6 Å². The number of fused-ring (bicyclic) bond motifs is 1. The Morgan fingerprint density at radius 2 is 1.97 bits per heavy atom. The second-order valence-electron chi connectivity index (χ2n) is 8.93. The monoisotopic (exact) mass is 396 g/mol. The Labute approximate surface area is 170 Å². The number of nitrogens with zero attached hydrogens (tertiary/aromatic N) is 5. The molecule has 5 rings (SSSR count). The van der Waals surface area contributed by atoms with Crippen molar-refractivity contribution in [2.45, 2.75) is 38.6 Å². The summed E-state index contributed by atoms with van der Waals surface area (Å²) in [6, 6.07) is 2.29. The van der Waals surface area contributed by atoms with Gasteiger partial charge in [0.25, 0.3) is 0 Å². The molecule has 3 fully saturated rings. The number of carbonyl (C=O) groups is 2. The minimum Gasteiger partial charge on any atom is -0.354 e. The van der Waals surface area contributed by atoms with Crippen LogP contribution in [0.25, 0.3) is 11.0 Å². The Morgan fingerprint density at radius 1 is 1.21 bits per heavy atom. The molecule has 0 aromatic carbocycles. The minimum atomic E-state index is 0.0425. The molecule has 2 aliphatic heterocycles. The van der Waals surface area contributed by atoms with Crippen molar-refractivity contribution in [1.29, 1.82) is 0 Å². The number of aromatic nitrogens is 3. The van der Waals surface area contributed by atoms with E-state index >= 15 is 0 Å². The number of rotatable bonds is 3. The number of likely N-dealkylation sites (tertiary alicyclic amines) is 2. The number of aromatic amines is 1. The molecule has 3 aliphatic rings. The fraction of sp³-hybridized carbons (Fsp3) is 0.619. The lowest BCUT2D eigenvalue weighted by molar-refractivity contribution is -0.139. The van der Waals surface area contributed by atoms with Crippen molar-refractivity contribution in [2.24, 2.45) is 11.3 Å². The average Bonchev–Trinajstić information content (AvgIpc) is 3.17. The zero-order chi connectivity index (χ0) is 20.2. The molecule has 4 heterocycles. The zero-order valence-corrected chi connectivity index (χ0v) is 17.1. The maximum absolute atomic E-state index is 13.2. The topological polar surface area (TPSA) is 85.4 Å². The molecular weight excluding hydrogens is 368 g/mol. The van der Waals surface area contributed by atoms with Crippen LogP contribution in [0.4, 0.5) is 5.82 Å². The van der Waals surface area contributed by atoms with E-state index in [-0.39, 0.29) is 29.2 Å². The fourth-order valence-corrected chi connectivity index (χ4v) is 5.29. The van der Waals surface area contributed by atoms with Gasteiger partial charge in [0.1, 0.15) is 17.8 Å². The highest BCUT2D eigenvalue weighted by atomic mass is 16.2. The van der Waals surface area contributed by atoms with Gasteiger partial charge in [-0.15, -0.1) is 0 Å². The fourth-order valence-electron chi connectivity index (χ4n) is 5.29. The van der Waals surface area contributed by atoms with Crippen molar-refractivity contribution in [3.8, 4) is 0 Å². The van der Waals surface area contributed by atoms with E-state index < -0.39 is 0 Å². The van der Waals surface area contributed by atoms with E-state index in [1.54, 1.807) is 13.3 Å². The summed E-state index contributed by atoms with van der Waals surface area (Å²) in [5, 5.41) is 1.02. The summed E-state index contributed by atoms with van der Waals surface area (Å²) in [6.45, 7) is 4.59. The standard InChI is InChI=1S/C21H28N6O2/c1-14(28)26-9-4-15(5-10-26)20(29)27-11-17(21(12-27)6-7-21)25(2)19-16-3-8-22-18(16)23-13-24-19/h3,8,13,15,17H,4-7,9-12H2,1-2H3,(H,22,23,24). The molecule has 8 heteroatoms. The first-order valence-corrected chi connectivity index (χ1v) is 10.5. The van der Waals surface area contributed by atoms with E-state index in [9.17, 15) is 9.59 Å². The Morgan fingerprint density at radius 3 is 2.66 bits per heavy atom. The van der Waals surface area contributed by atoms with Crippen molar-refractivity contribution in [3.05, 3.63) is 18.6 Å². The highest BCUT2D eigenvalue weighted by Crippen LogP contribution is 2.55. The third-order valence-corrected chi connectivity index (χ3v) is 7.23. The number of hydrogen-bond acceptors (Lipinski definition) is 5. The largest absolute Gasteiger partial charge is 0.354 e. The van der Waals surface area contributed by atoms with E-state index in [0.717, 1.165) is 55.6 Å². The van der Waals surface area contributed by atoms with Crippen LogP contribution in [0.3, 0.4) is 0 Å². The van der Waals surface area contributed by atoms with Gasteiger partial charge >= 0.3 is 0 Å². The molecule has 154 valence electrons. The summed E-state index contributed by atoms with van der Waals surface area (Å²) >= 11 is 0. The number of amides is 2. The van der Waals surface area contributed by atoms with Gasteiger partial charge in [0.05, 0.1) is 11.4 Å². The Balaban J connectivity index is 1.32. The van der Waals surface area contributed by atoms with Crippen LogP contribution in [-0.4, -0.2) is 75.8 Å². The van der Waals surface area contributed by atoms with Crippen molar-refractivity contribution < 1.29 is 9.59 Å². The lowest BCUT2D eigenvalue weighted by Crippen LogP contribution is -2.44. The van der Waals surface area contributed by atoms with Gasteiger partial charge in [-0.1, -0.05) is 0 Å². The first-order valence-electron chi connectivity index (χ1n) is 10.5. The Hall–Kier alpha value is -2.64. The molecule has 0 bridgehead atoms. The van der Waals surface area contributed by atoms with Gasteiger partial charge in [0, 0.05) is 57.7 Å². The number of nitrogens with one attached hydrogen (secondary N) is 1. The van der Waals surface area contributed by atoms with Gasteiger partial charge < -0.3 is 19.7 Å². The summed E-state index contributed by atoms with van der Waals surface area (Å²) in [5.74, 6) is 1.35. The molecule has 1 N–H and O–H groups in total. The average molecular weight is 396 g/mol. The maximum atomic E-state index is 13.2. The first-order chi connectivity index (χ1) is 14.0. The summed E-state index contributed by atoms with van der Waals surface area (Å²) in [6.07, 6.45) is 7.37. The van der Waals surface area contributed by atoms with Gasteiger partial charge in [-0.05, 0) is 31.7 Å². The SMILES string of the molecule is CC(=O)N1CCC(C(=O)N2CC(N(C)c3ncnc4[nH]ccc34)C3(CC3)C2)CC1. The first kappa shape index (κ1) is 18.4. The highest BCUT2D eigenvalue weighted by molar-refractivity contribution is 5.87. The van der Waals surface area contributed by atoms with E-state index in [2.05, 4.69) is 31.8 Å². The molecule has 1 saturated carbocycles. The molecule has 0 radical (unpaired) electrons. The number of hydrogen-bond donors (Lipinski definition) is 1. The summed E-state index contributed by atoms with van der Waals surface area (Å²) in [4.78, 5) is 43.0. The van der Waals surface area contributed by atoms with E-state index in [1.807, 2.05) is 17.2 Å². The maximum Gasteiger partial charge on any atom is 0.225 e. The van der Waals surface area contributed by atoms with Gasteiger partial charge in [-0.25, -0.2) is 9.97 Å². The van der Waals surface area contributed by atoms with Crippen molar-refractivity contribution in [3.63, 3.8) is 0 Å². The normalized spacial score (nSPS) is 23.7. The second kappa shape index (κ2) is 6.71. The molecule has 1 aliphatic carbocycles. The van der Waals surface area contributed by atoms with Gasteiger partial charge in [0.15, 0.2) is 0 Å². The number of H-pyrrole nitrogens is 1. The van der Waals surface area contributed by atoms with Crippen molar-refractivity contribution >= 4 is 28.7 Å². The minimum absolute atomic E-state index is 0.0425. The molecule has 1 unspecified atom stereocenters. The summed E-state index contributed by atoms with van der Waals surface area (Å²) < 4.78 is 0. The molecule has 2 saturated heterocycles. The van der Waals surface area contributed by atoms with Crippen molar-refractivity contribution in [1.82, 2.24) is 24.8 Å². The number of piperidine rings is 1. The van der Waals surface area contributed by atoms with E-state index in [1.165, 1.54) is 0 Å². The third kappa shape index (κ3) is 3.05. The lowest BCUT2D eigenvalue weighted by Gasteiger charge is -2.33. The molecular formula is C21H28N6O2. The molecule has 1 atom stereocenters. The lowest BCUT2D eigenvalue weighted by atomic mass is 9.95. The molecule has 8 nitrogen and oxygen atoms in total. The number of likely N-dealkylation sites (N-methyl/N-ethyl adjacent to an activating group) is 1. The predicted molar refractivity (Wildman–Crippen MR) is 109 cm³/mol. The Kier molecular flexibility index (Phi) is 4.26. The van der Waals surface area contributed by atoms with E-state index in [0.29, 0.717) is 13.1 Å². The van der Waals surface area contributed by atoms with Crippen LogP contribution in [0.5, 0.6) is 0 Å². The van der Waals surface area contributed by atoms with Crippen LogP contribution in [0.2, 0.25) is 0 Å². The molecule has 29 heavy (non-hydrogen) atoms. The second-order valence-corrected chi connectivity index (χ2v) is 8.93. The smallest absolute Gasteiger partial charge is 0.225 e. The van der Waals surface area contributed by atoms with Gasteiger partial charge in [-0.3, -0.25) is 9.59 Å². The quantitative estimate of drug-likeness (QED) is 0.853. The Bertz CT molecular complexity index is 944. The highest BCUT2D eigenvalue weighted by Gasteiger charge is 2.58. The third-order valence-electron chi connectivity index (χ3n) is 7.23. The predicted octanol–water partition coefficient (Wildman–Crippen LogP) is 1.64. The van der Waals surface area contributed by atoms with Crippen LogP contribution in [0.1, 0.15) is 32.6 Å². The number of carbonyl (C=O) groups excluding carboxylic acids is 2. The van der Waals surface area contributed by atoms with E-state index in [4.69, 9.17) is 0 Å². The van der Waals surface area contributed by atoms with Crippen molar-refractivity contribution in [2.75, 3.05) is 38.1 Å². The summed E-state index contributed by atoms with van der Waals surface area (Å²) in [5.41, 5.74) is 1.03. The summed E-state index contributed by atoms with van der Waals surface area (Å²) in [7, 11) is 2.10. The molecule has 2 aromatic heterocycles. The molecule has 2 aromatic rings. The molecule has 2 amide bonds. The van der Waals surface area contributed by atoms with Crippen LogP contribution in [-0.2, 0) is 9.59 Å². The van der Waals surface area contributed by atoms with Crippen LogP contribution >= 0.6 is 0 Å². The molecule has 1 spiro atoms.